The molecule has 3 heterocycles. The van der Waals surface area contributed by atoms with Gasteiger partial charge in [-0.2, -0.15) is 5.10 Å². The van der Waals surface area contributed by atoms with E-state index >= 15 is 0 Å². The highest BCUT2D eigenvalue weighted by atomic mass is 15.3. The Morgan fingerprint density at radius 1 is 1.19 bits per heavy atom. The third-order valence-electron chi connectivity index (χ3n) is 3.15. The third kappa shape index (κ3) is 3.13. The molecule has 0 radical (unpaired) electrons. The van der Waals surface area contributed by atoms with Crippen molar-refractivity contribution in [2.45, 2.75) is 19.9 Å². The third-order valence-corrected chi connectivity index (χ3v) is 3.15. The van der Waals surface area contributed by atoms with Gasteiger partial charge >= 0.3 is 0 Å². The number of nitrogens with one attached hydrogen (secondary N) is 2. The van der Waals surface area contributed by atoms with Crippen LogP contribution in [-0.2, 0) is 6.54 Å². The van der Waals surface area contributed by atoms with Crippen LogP contribution in [0.1, 0.15) is 13.3 Å². The van der Waals surface area contributed by atoms with Crippen LogP contribution in [0.15, 0.2) is 37.1 Å². The molecule has 0 aliphatic carbocycles. The molecule has 0 aliphatic rings. The van der Waals surface area contributed by atoms with Gasteiger partial charge in [0.15, 0.2) is 11.5 Å². The van der Waals surface area contributed by atoms with Crippen LogP contribution >= 0.6 is 0 Å². The molecule has 7 heteroatoms. The Morgan fingerprint density at radius 2 is 2.14 bits per heavy atom. The van der Waals surface area contributed by atoms with Gasteiger partial charge in [-0.15, -0.1) is 0 Å². The summed E-state index contributed by atoms with van der Waals surface area (Å²) in [6, 6.07) is 1.93. The fourth-order valence-electron chi connectivity index (χ4n) is 2.20. The van der Waals surface area contributed by atoms with Gasteiger partial charge in [0.25, 0.3) is 0 Å². The van der Waals surface area contributed by atoms with Crippen LogP contribution in [0.25, 0.3) is 5.65 Å². The van der Waals surface area contributed by atoms with E-state index in [9.17, 15) is 0 Å². The minimum atomic E-state index is 0.805. The van der Waals surface area contributed by atoms with Crippen LogP contribution in [0.4, 0.5) is 11.6 Å². The molecule has 0 aromatic carbocycles. The van der Waals surface area contributed by atoms with Crippen LogP contribution in [0.3, 0.4) is 0 Å². The highest BCUT2D eigenvalue weighted by molar-refractivity contribution is 5.65. The largest absolute Gasteiger partial charge is 0.369 e. The lowest BCUT2D eigenvalue weighted by molar-refractivity contribution is 0.591. The summed E-state index contributed by atoms with van der Waals surface area (Å²) >= 11 is 0. The number of aromatic nitrogens is 5. The minimum absolute atomic E-state index is 0.805. The lowest BCUT2D eigenvalue weighted by Crippen LogP contribution is -2.10. The van der Waals surface area contributed by atoms with E-state index in [-0.39, 0.29) is 0 Å². The number of aryl methyl sites for hydroxylation is 1. The van der Waals surface area contributed by atoms with E-state index in [1.807, 2.05) is 33.7 Å². The van der Waals surface area contributed by atoms with E-state index in [2.05, 4.69) is 32.6 Å². The molecule has 7 nitrogen and oxygen atoms in total. The number of nitrogens with zero attached hydrogens (tertiary/aromatic N) is 5. The predicted octanol–water partition coefficient (Wildman–Crippen LogP) is 1.86. The van der Waals surface area contributed by atoms with Crippen molar-refractivity contribution < 1.29 is 0 Å². The van der Waals surface area contributed by atoms with Gasteiger partial charge < -0.3 is 15.0 Å². The standard InChI is InChI=1S/C14H19N7/c1-2-15-12-11-20-10-7-17-14(20)13(19-12)16-5-3-8-21-9-4-6-18-21/h4,6-7,9-11,15H,2-3,5,8H2,1H3,(H,16,19). The van der Waals surface area contributed by atoms with Crippen molar-refractivity contribution in [3.63, 3.8) is 0 Å². The van der Waals surface area contributed by atoms with E-state index in [1.165, 1.54) is 0 Å². The molecule has 3 rings (SSSR count). The Morgan fingerprint density at radius 3 is 2.95 bits per heavy atom. The average Bonchev–Trinajstić information content (AvgIpc) is 3.14. The van der Waals surface area contributed by atoms with Gasteiger partial charge in [-0.05, 0) is 19.4 Å². The number of rotatable bonds is 7. The maximum atomic E-state index is 4.57. The second-order valence-electron chi connectivity index (χ2n) is 4.71. The molecular weight excluding hydrogens is 266 g/mol. The molecule has 0 atom stereocenters. The average molecular weight is 285 g/mol. The molecule has 0 spiro atoms. The summed E-state index contributed by atoms with van der Waals surface area (Å²) in [7, 11) is 0. The Kier molecular flexibility index (Phi) is 3.99. The van der Waals surface area contributed by atoms with Crippen LogP contribution in [0.5, 0.6) is 0 Å². The summed E-state index contributed by atoms with van der Waals surface area (Å²) < 4.78 is 3.90. The number of fused-ring (bicyclic) bond motifs is 1. The Hall–Kier alpha value is -2.57. The summed E-state index contributed by atoms with van der Waals surface area (Å²) in [5.41, 5.74) is 0.843. The summed E-state index contributed by atoms with van der Waals surface area (Å²) in [5.74, 6) is 1.65. The zero-order valence-corrected chi connectivity index (χ0v) is 12.0. The van der Waals surface area contributed by atoms with Crippen molar-refractivity contribution in [2.75, 3.05) is 23.7 Å². The molecule has 110 valence electrons. The van der Waals surface area contributed by atoms with E-state index in [0.717, 1.165) is 43.3 Å². The van der Waals surface area contributed by atoms with Crippen molar-refractivity contribution in [2.24, 2.45) is 0 Å². The van der Waals surface area contributed by atoms with Gasteiger partial charge in [0.2, 0.25) is 0 Å². The first kappa shape index (κ1) is 13.4. The lowest BCUT2D eigenvalue weighted by Gasteiger charge is -2.10. The summed E-state index contributed by atoms with van der Waals surface area (Å²) in [6.07, 6.45) is 10.4. The quantitative estimate of drug-likeness (QED) is 0.648. The smallest absolute Gasteiger partial charge is 0.180 e. The van der Waals surface area contributed by atoms with Gasteiger partial charge in [0.05, 0.1) is 6.20 Å². The van der Waals surface area contributed by atoms with Gasteiger partial charge in [-0.3, -0.25) is 4.68 Å². The topological polar surface area (TPSA) is 72.1 Å². The van der Waals surface area contributed by atoms with Crippen molar-refractivity contribution in [3.8, 4) is 0 Å². The van der Waals surface area contributed by atoms with E-state index < -0.39 is 0 Å². The van der Waals surface area contributed by atoms with E-state index in [1.54, 1.807) is 12.4 Å². The predicted molar refractivity (Wildman–Crippen MR) is 82.5 cm³/mol. The highest BCUT2D eigenvalue weighted by Gasteiger charge is 2.06. The Labute approximate surface area is 123 Å². The number of hydrogen-bond acceptors (Lipinski definition) is 5. The van der Waals surface area contributed by atoms with Crippen LogP contribution in [0, 0.1) is 0 Å². The monoisotopic (exact) mass is 285 g/mol. The fraction of sp³-hybridized carbons (Fsp3) is 0.357. The lowest BCUT2D eigenvalue weighted by atomic mass is 10.4. The summed E-state index contributed by atoms with van der Waals surface area (Å²) in [4.78, 5) is 8.91. The van der Waals surface area contributed by atoms with Crippen molar-refractivity contribution in [1.82, 2.24) is 24.1 Å². The number of anilines is 2. The first-order valence-corrected chi connectivity index (χ1v) is 7.15. The second-order valence-corrected chi connectivity index (χ2v) is 4.71. The number of hydrogen-bond donors (Lipinski definition) is 2. The van der Waals surface area contributed by atoms with Crippen LogP contribution in [-0.4, -0.2) is 37.2 Å². The molecule has 0 saturated heterocycles. The number of imidazole rings is 1. The molecule has 21 heavy (non-hydrogen) atoms. The Balaban J connectivity index is 1.66. The first-order chi connectivity index (χ1) is 10.4. The molecule has 3 aromatic heterocycles. The summed E-state index contributed by atoms with van der Waals surface area (Å²) in [6.45, 7) is 4.60. The molecule has 0 amide bonds. The zero-order valence-electron chi connectivity index (χ0n) is 12.0. The molecule has 3 aromatic rings. The first-order valence-electron chi connectivity index (χ1n) is 7.15. The molecule has 0 aliphatic heterocycles. The van der Waals surface area contributed by atoms with Gasteiger partial charge in [-0.1, -0.05) is 0 Å². The van der Waals surface area contributed by atoms with E-state index in [4.69, 9.17) is 0 Å². The van der Waals surface area contributed by atoms with Gasteiger partial charge in [-0.25, -0.2) is 9.97 Å². The fourth-order valence-corrected chi connectivity index (χ4v) is 2.20. The van der Waals surface area contributed by atoms with Crippen LogP contribution in [0.2, 0.25) is 0 Å². The molecule has 0 fully saturated rings. The van der Waals surface area contributed by atoms with E-state index in [0.29, 0.717) is 0 Å². The Bertz CT molecular complexity index is 686. The molecule has 0 unspecified atom stereocenters. The van der Waals surface area contributed by atoms with Crippen molar-refractivity contribution in [1.29, 1.82) is 0 Å². The SMILES string of the molecule is CCNc1cn2ccnc2c(NCCCn2cccn2)n1. The minimum Gasteiger partial charge on any atom is -0.369 e. The second kappa shape index (κ2) is 6.25. The zero-order chi connectivity index (χ0) is 14.5. The maximum Gasteiger partial charge on any atom is 0.180 e. The molecule has 0 bridgehead atoms. The molecular formula is C14H19N7. The highest BCUT2D eigenvalue weighted by Crippen LogP contribution is 2.16. The van der Waals surface area contributed by atoms with Crippen molar-refractivity contribution in [3.05, 3.63) is 37.1 Å². The van der Waals surface area contributed by atoms with Gasteiger partial charge in [0, 0.05) is 44.4 Å². The molecule has 2 N–H and O–H groups in total. The maximum absolute atomic E-state index is 4.57. The van der Waals surface area contributed by atoms with Gasteiger partial charge in [0.1, 0.15) is 5.82 Å². The van der Waals surface area contributed by atoms with Crippen molar-refractivity contribution >= 4 is 17.3 Å². The summed E-state index contributed by atoms with van der Waals surface area (Å²) in [5, 5.41) is 10.8. The normalized spacial score (nSPS) is 10.9. The van der Waals surface area contributed by atoms with Crippen LogP contribution < -0.4 is 10.6 Å². The molecule has 0 saturated carbocycles.